The van der Waals surface area contributed by atoms with Crippen LogP contribution in [-0.2, 0) is 4.79 Å². The molecule has 32 heavy (non-hydrogen) atoms. The second-order valence-electron chi connectivity index (χ2n) is 6.18. The third kappa shape index (κ3) is 5.56. The number of carbonyl (C=O) groups is 2. The summed E-state index contributed by atoms with van der Waals surface area (Å²) in [6.07, 6.45) is 2.52. The number of benzene rings is 2. The summed E-state index contributed by atoms with van der Waals surface area (Å²) in [4.78, 5) is 36.1. The fraction of sp³-hybridized carbons (Fsp3) is 0. The molecule has 0 saturated heterocycles. The first kappa shape index (κ1) is 22.7. The molecule has 3 N–H and O–H groups in total. The smallest absolute Gasteiger partial charge is 0.311 e. The highest BCUT2D eigenvalue weighted by Crippen LogP contribution is 2.27. The molecule has 0 saturated carbocycles. The SMILES string of the molecule is O=C(N/N=C\c1cccc([N+](=O)[O-])c1O)/C(=C\c1cccs1)NC(=O)c1ccccc1Cl. The predicted molar refractivity (Wildman–Crippen MR) is 122 cm³/mol. The minimum absolute atomic E-state index is 0.0309. The first-order chi connectivity index (χ1) is 15.4. The van der Waals surface area contributed by atoms with Crippen molar-refractivity contribution in [1.29, 1.82) is 0 Å². The second kappa shape index (κ2) is 10.3. The van der Waals surface area contributed by atoms with Crippen molar-refractivity contribution in [2.45, 2.75) is 0 Å². The molecule has 0 unspecified atom stereocenters. The summed E-state index contributed by atoms with van der Waals surface area (Å²) >= 11 is 7.40. The van der Waals surface area contributed by atoms with Gasteiger partial charge >= 0.3 is 5.69 Å². The number of aromatic hydroxyl groups is 1. The fourth-order valence-corrected chi connectivity index (χ4v) is 3.41. The van der Waals surface area contributed by atoms with E-state index in [1.807, 2.05) is 0 Å². The van der Waals surface area contributed by atoms with E-state index < -0.39 is 28.2 Å². The number of nitro benzene ring substituents is 1. The maximum absolute atomic E-state index is 12.7. The summed E-state index contributed by atoms with van der Waals surface area (Å²) in [5.74, 6) is -1.93. The van der Waals surface area contributed by atoms with Crippen LogP contribution in [0.15, 0.2) is 70.8 Å². The van der Waals surface area contributed by atoms with Gasteiger partial charge in [0.1, 0.15) is 5.70 Å². The number of phenolic OH excluding ortho intramolecular Hbond substituents is 1. The molecule has 0 aliphatic heterocycles. The molecular formula is C21H15ClN4O5S. The van der Waals surface area contributed by atoms with Crippen molar-refractivity contribution in [3.05, 3.63) is 96.8 Å². The lowest BCUT2D eigenvalue weighted by Crippen LogP contribution is -2.33. The number of hydrazone groups is 1. The van der Waals surface area contributed by atoms with Crippen LogP contribution < -0.4 is 10.7 Å². The number of nitrogens with one attached hydrogen (secondary N) is 2. The number of para-hydroxylation sites is 1. The number of nitrogens with zero attached hydrogens (tertiary/aromatic N) is 2. The number of thiophene rings is 1. The zero-order valence-electron chi connectivity index (χ0n) is 16.2. The summed E-state index contributed by atoms with van der Waals surface area (Å²) in [6, 6.07) is 13.8. The Kier molecular flexibility index (Phi) is 7.32. The Morgan fingerprint density at radius 3 is 2.59 bits per heavy atom. The molecule has 9 nitrogen and oxygen atoms in total. The number of halogens is 1. The van der Waals surface area contributed by atoms with Gasteiger partial charge in [-0.25, -0.2) is 5.43 Å². The van der Waals surface area contributed by atoms with Crippen molar-refractivity contribution >= 4 is 52.7 Å². The molecule has 0 aliphatic carbocycles. The van der Waals surface area contributed by atoms with Crippen molar-refractivity contribution in [2.75, 3.05) is 0 Å². The highest BCUT2D eigenvalue weighted by molar-refractivity contribution is 7.10. The molecule has 1 aromatic heterocycles. The fourth-order valence-electron chi connectivity index (χ4n) is 2.53. The van der Waals surface area contributed by atoms with Crippen LogP contribution in [-0.4, -0.2) is 28.1 Å². The summed E-state index contributed by atoms with van der Waals surface area (Å²) < 4.78 is 0. The molecular weight excluding hydrogens is 456 g/mol. The van der Waals surface area contributed by atoms with Crippen LogP contribution in [0, 0.1) is 10.1 Å². The van der Waals surface area contributed by atoms with E-state index in [2.05, 4.69) is 15.8 Å². The number of amides is 2. The zero-order valence-corrected chi connectivity index (χ0v) is 17.8. The lowest BCUT2D eigenvalue weighted by Gasteiger charge is -2.09. The van der Waals surface area contributed by atoms with Crippen LogP contribution in [0.2, 0.25) is 5.02 Å². The van der Waals surface area contributed by atoms with E-state index in [0.29, 0.717) is 4.88 Å². The van der Waals surface area contributed by atoms with Crippen LogP contribution in [0.3, 0.4) is 0 Å². The molecule has 2 aromatic carbocycles. The lowest BCUT2D eigenvalue weighted by atomic mass is 10.2. The monoisotopic (exact) mass is 470 g/mol. The Balaban J connectivity index is 1.80. The Labute approximate surface area is 190 Å². The summed E-state index contributed by atoms with van der Waals surface area (Å²) in [5, 5.41) is 29.1. The van der Waals surface area contributed by atoms with E-state index in [0.717, 1.165) is 12.3 Å². The average molecular weight is 471 g/mol. The van der Waals surface area contributed by atoms with Crippen molar-refractivity contribution in [3.8, 4) is 5.75 Å². The van der Waals surface area contributed by atoms with Gasteiger partial charge in [0.05, 0.1) is 21.7 Å². The van der Waals surface area contributed by atoms with Gasteiger partial charge in [-0.2, -0.15) is 5.10 Å². The minimum atomic E-state index is -0.750. The number of hydrogen-bond acceptors (Lipinski definition) is 7. The quantitative estimate of drug-likeness (QED) is 0.208. The van der Waals surface area contributed by atoms with Gasteiger partial charge in [0.15, 0.2) is 0 Å². The van der Waals surface area contributed by atoms with E-state index >= 15 is 0 Å². The summed E-state index contributed by atoms with van der Waals surface area (Å²) in [5.41, 5.74) is 1.85. The third-order valence-corrected chi connectivity index (χ3v) is 5.20. The maximum atomic E-state index is 12.7. The highest BCUT2D eigenvalue weighted by Gasteiger charge is 2.17. The molecule has 0 radical (unpaired) electrons. The highest BCUT2D eigenvalue weighted by atomic mass is 35.5. The predicted octanol–water partition coefficient (Wildman–Crippen LogP) is 3.94. The number of carbonyl (C=O) groups excluding carboxylic acids is 2. The zero-order chi connectivity index (χ0) is 23.1. The molecule has 0 aliphatic rings. The average Bonchev–Trinajstić information content (AvgIpc) is 3.27. The lowest BCUT2D eigenvalue weighted by molar-refractivity contribution is -0.385. The van der Waals surface area contributed by atoms with E-state index in [1.54, 1.807) is 35.7 Å². The standard InChI is InChI=1S/C21H15ClN4O5S/c22-16-8-2-1-7-15(16)20(28)24-17(11-14-6-4-10-32-14)21(29)25-23-12-13-5-3-9-18(19(13)27)26(30)31/h1-12,27H,(H,24,28)(H,25,29)/b17-11+,23-12-. The van der Waals surface area contributed by atoms with Gasteiger partial charge in [-0.3, -0.25) is 19.7 Å². The first-order valence-electron chi connectivity index (χ1n) is 8.97. The molecule has 2 amide bonds. The summed E-state index contributed by atoms with van der Waals surface area (Å²) in [6.45, 7) is 0. The normalized spacial score (nSPS) is 11.3. The molecule has 0 bridgehead atoms. The molecule has 0 spiro atoms. The van der Waals surface area contributed by atoms with Crippen LogP contribution >= 0.6 is 22.9 Å². The van der Waals surface area contributed by atoms with E-state index in [4.69, 9.17) is 11.6 Å². The van der Waals surface area contributed by atoms with Crippen molar-refractivity contribution < 1.29 is 19.6 Å². The number of hydrogen-bond donors (Lipinski definition) is 3. The molecule has 0 fully saturated rings. The molecule has 1 heterocycles. The molecule has 3 aromatic rings. The molecule has 11 heteroatoms. The van der Waals surface area contributed by atoms with Gasteiger partial charge in [-0.1, -0.05) is 35.9 Å². The summed E-state index contributed by atoms with van der Waals surface area (Å²) in [7, 11) is 0. The van der Waals surface area contributed by atoms with E-state index in [-0.39, 0.29) is 21.8 Å². The third-order valence-electron chi connectivity index (χ3n) is 4.05. The van der Waals surface area contributed by atoms with Crippen molar-refractivity contribution in [2.24, 2.45) is 5.10 Å². The number of nitro groups is 1. The Bertz CT molecular complexity index is 1220. The van der Waals surface area contributed by atoms with Gasteiger partial charge < -0.3 is 10.4 Å². The van der Waals surface area contributed by atoms with Gasteiger partial charge in [0.2, 0.25) is 5.75 Å². The largest absolute Gasteiger partial charge is 0.502 e. The van der Waals surface area contributed by atoms with Crippen molar-refractivity contribution in [3.63, 3.8) is 0 Å². The molecule has 0 atom stereocenters. The molecule has 3 rings (SSSR count). The van der Waals surface area contributed by atoms with E-state index in [9.17, 15) is 24.8 Å². The topological polar surface area (TPSA) is 134 Å². The Hall–Kier alpha value is -4.02. The number of rotatable bonds is 7. The second-order valence-corrected chi connectivity index (χ2v) is 7.57. The van der Waals surface area contributed by atoms with Crippen LogP contribution in [0.25, 0.3) is 6.08 Å². The van der Waals surface area contributed by atoms with Gasteiger partial charge in [-0.15, -0.1) is 11.3 Å². The molecule has 162 valence electrons. The number of phenols is 1. The van der Waals surface area contributed by atoms with E-state index in [1.165, 1.54) is 35.6 Å². The Morgan fingerprint density at radius 1 is 1.12 bits per heavy atom. The van der Waals surface area contributed by atoms with Gasteiger partial charge in [0.25, 0.3) is 11.8 Å². The van der Waals surface area contributed by atoms with Crippen molar-refractivity contribution in [1.82, 2.24) is 10.7 Å². The van der Waals surface area contributed by atoms with Gasteiger partial charge in [0, 0.05) is 16.5 Å². The minimum Gasteiger partial charge on any atom is -0.502 e. The first-order valence-corrected chi connectivity index (χ1v) is 10.2. The van der Waals surface area contributed by atoms with Crippen LogP contribution in [0.4, 0.5) is 5.69 Å². The van der Waals surface area contributed by atoms with Crippen LogP contribution in [0.1, 0.15) is 20.8 Å². The maximum Gasteiger partial charge on any atom is 0.311 e. The van der Waals surface area contributed by atoms with Gasteiger partial charge in [-0.05, 0) is 35.7 Å². The Morgan fingerprint density at radius 2 is 1.91 bits per heavy atom. The van der Waals surface area contributed by atoms with Crippen LogP contribution in [0.5, 0.6) is 5.75 Å².